The Morgan fingerprint density at radius 2 is 2.12 bits per heavy atom. The summed E-state index contributed by atoms with van der Waals surface area (Å²) in [6.45, 7) is 5.85. The molecule has 2 N–H and O–H groups in total. The average molecular weight is 221 g/mol. The molecule has 0 spiro atoms. The normalized spacial score (nSPS) is 12.6. The minimum Gasteiger partial charge on any atom is -0.425 e. The average Bonchev–Trinajstić information content (AvgIpc) is 2.28. The first-order valence-corrected chi connectivity index (χ1v) is 5.60. The van der Waals surface area contributed by atoms with E-state index in [0.29, 0.717) is 5.75 Å². The van der Waals surface area contributed by atoms with E-state index in [1.807, 2.05) is 32.0 Å². The van der Waals surface area contributed by atoms with Crippen molar-refractivity contribution in [1.29, 1.82) is 0 Å². The molecule has 1 aromatic carbocycles. The van der Waals surface area contributed by atoms with Crippen LogP contribution in [0.5, 0.6) is 5.75 Å². The molecule has 0 saturated heterocycles. The van der Waals surface area contributed by atoms with Gasteiger partial charge in [-0.15, -0.1) is 0 Å². The van der Waals surface area contributed by atoms with Crippen LogP contribution in [0.15, 0.2) is 24.3 Å². The fourth-order valence-corrected chi connectivity index (χ4v) is 1.29. The third-order valence-corrected chi connectivity index (χ3v) is 2.52. The predicted octanol–water partition coefficient (Wildman–Crippen LogP) is 2.14. The number of ether oxygens (including phenoxy) is 1. The first kappa shape index (κ1) is 12.7. The summed E-state index contributed by atoms with van der Waals surface area (Å²) in [5, 5.41) is 0. The number of rotatable bonds is 4. The third-order valence-electron chi connectivity index (χ3n) is 2.52. The quantitative estimate of drug-likeness (QED) is 0.626. The van der Waals surface area contributed by atoms with E-state index in [1.54, 1.807) is 6.07 Å². The van der Waals surface area contributed by atoms with Crippen molar-refractivity contribution >= 4 is 5.97 Å². The predicted molar refractivity (Wildman–Crippen MR) is 64.3 cm³/mol. The van der Waals surface area contributed by atoms with Crippen LogP contribution in [-0.4, -0.2) is 12.0 Å². The van der Waals surface area contributed by atoms with Gasteiger partial charge in [-0.3, -0.25) is 0 Å². The largest absolute Gasteiger partial charge is 0.425 e. The van der Waals surface area contributed by atoms with Gasteiger partial charge < -0.3 is 10.5 Å². The van der Waals surface area contributed by atoms with Crippen molar-refractivity contribution in [3.63, 3.8) is 0 Å². The van der Waals surface area contributed by atoms with Crippen LogP contribution in [0.1, 0.15) is 26.3 Å². The Labute approximate surface area is 96.6 Å². The highest BCUT2D eigenvalue weighted by Gasteiger charge is 2.19. The molecule has 88 valence electrons. The van der Waals surface area contributed by atoms with E-state index in [1.165, 1.54) is 0 Å². The van der Waals surface area contributed by atoms with Crippen molar-refractivity contribution < 1.29 is 9.53 Å². The van der Waals surface area contributed by atoms with E-state index >= 15 is 0 Å². The van der Waals surface area contributed by atoms with Gasteiger partial charge in [0.15, 0.2) is 0 Å². The molecule has 16 heavy (non-hydrogen) atoms. The van der Waals surface area contributed by atoms with Gasteiger partial charge in [-0.2, -0.15) is 0 Å². The van der Waals surface area contributed by atoms with Gasteiger partial charge in [0.2, 0.25) is 0 Å². The van der Waals surface area contributed by atoms with Gasteiger partial charge in [-0.1, -0.05) is 32.9 Å². The Kier molecular flexibility index (Phi) is 4.50. The summed E-state index contributed by atoms with van der Waals surface area (Å²) in [7, 11) is 0. The highest BCUT2D eigenvalue weighted by atomic mass is 16.5. The number of aryl methyl sites for hydroxylation is 1. The summed E-state index contributed by atoms with van der Waals surface area (Å²) < 4.78 is 5.22. The van der Waals surface area contributed by atoms with Crippen molar-refractivity contribution in [2.45, 2.75) is 33.2 Å². The molecule has 0 bridgehead atoms. The maximum atomic E-state index is 11.6. The fraction of sp³-hybridized carbons (Fsp3) is 0.462. The fourth-order valence-electron chi connectivity index (χ4n) is 1.29. The van der Waals surface area contributed by atoms with Crippen LogP contribution < -0.4 is 10.5 Å². The van der Waals surface area contributed by atoms with Gasteiger partial charge in [0.1, 0.15) is 11.8 Å². The zero-order chi connectivity index (χ0) is 12.1. The second kappa shape index (κ2) is 5.66. The molecule has 1 atom stereocenters. The molecule has 0 aliphatic rings. The van der Waals surface area contributed by atoms with Crippen LogP contribution in [0, 0.1) is 5.92 Å². The molecular formula is C13H19NO2. The molecule has 3 nitrogen and oxygen atoms in total. The number of nitrogens with two attached hydrogens (primary N) is 1. The smallest absolute Gasteiger partial charge is 0.328 e. The third kappa shape index (κ3) is 3.35. The van der Waals surface area contributed by atoms with Crippen LogP contribution in [0.3, 0.4) is 0 Å². The highest BCUT2D eigenvalue weighted by Crippen LogP contribution is 2.15. The first-order chi connectivity index (χ1) is 7.54. The number of hydrogen-bond acceptors (Lipinski definition) is 3. The standard InChI is InChI=1S/C13H19NO2/c1-4-10-6-5-7-11(8-10)16-13(15)12(14)9(2)3/h5-9,12H,4,14H2,1-3H3. The van der Waals surface area contributed by atoms with E-state index in [4.69, 9.17) is 10.5 Å². The van der Waals surface area contributed by atoms with E-state index < -0.39 is 6.04 Å². The molecule has 0 saturated carbocycles. The van der Waals surface area contributed by atoms with E-state index in [-0.39, 0.29) is 11.9 Å². The van der Waals surface area contributed by atoms with Crippen molar-refractivity contribution in [2.24, 2.45) is 11.7 Å². The Morgan fingerprint density at radius 3 is 2.69 bits per heavy atom. The van der Waals surface area contributed by atoms with Crippen molar-refractivity contribution in [3.8, 4) is 5.75 Å². The molecule has 0 heterocycles. The zero-order valence-corrected chi connectivity index (χ0v) is 10.1. The maximum Gasteiger partial charge on any atom is 0.328 e. The minimum atomic E-state index is -0.565. The highest BCUT2D eigenvalue weighted by molar-refractivity contribution is 5.78. The molecule has 1 rings (SSSR count). The van der Waals surface area contributed by atoms with Crippen molar-refractivity contribution in [1.82, 2.24) is 0 Å². The Bertz CT molecular complexity index is 361. The van der Waals surface area contributed by atoms with Crippen LogP contribution in [0.25, 0.3) is 0 Å². The topological polar surface area (TPSA) is 52.3 Å². The summed E-state index contributed by atoms with van der Waals surface area (Å²) in [4.78, 5) is 11.6. The number of esters is 1. The molecule has 0 aliphatic heterocycles. The molecule has 0 aliphatic carbocycles. The summed E-state index contributed by atoms with van der Waals surface area (Å²) in [6, 6.07) is 6.95. The molecule has 0 fully saturated rings. The monoisotopic (exact) mass is 221 g/mol. The molecule has 0 aromatic heterocycles. The molecular weight excluding hydrogens is 202 g/mol. The van der Waals surface area contributed by atoms with Gasteiger partial charge in [0.25, 0.3) is 0 Å². The second-order valence-electron chi connectivity index (χ2n) is 4.19. The maximum absolute atomic E-state index is 11.6. The lowest BCUT2D eigenvalue weighted by atomic mass is 10.1. The van der Waals surface area contributed by atoms with Gasteiger partial charge in [-0.05, 0) is 30.0 Å². The lowest BCUT2D eigenvalue weighted by Crippen LogP contribution is -2.38. The molecule has 1 unspecified atom stereocenters. The SMILES string of the molecule is CCc1cccc(OC(=O)C(N)C(C)C)c1. The van der Waals surface area contributed by atoms with E-state index in [2.05, 4.69) is 6.92 Å². The van der Waals surface area contributed by atoms with E-state index in [9.17, 15) is 4.79 Å². The number of carbonyl (C=O) groups is 1. The van der Waals surface area contributed by atoms with E-state index in [0.717, 1.165) is 12.0 Å². The summed E-state index contributed by atoms with van der Waals surface area (Å²) in [5.41, 5.74) is 6.85. The summed E-state index contributed by atoms with van der Waals surface area (Å²) >= 11 is 0. The Morgan fingerprint density at radius 1 is 1.44 bits per heavy atom. The number of benzene rings is 1. The summed E-state index contributed by atoms with van der Waals surface area (Å²) in [5.74, 6) is 0.283. The van der Waals surface area contributed by atoms with Gasteiger partial charge >= 0.3 is 5.97 Å². The van der Waals surface area contributed by atoms with Crippen LogP contribution in [0.2, 0.25) is 0 Å². The molecule has 3 heteroatoms. The molecule has 0 amide bonds. The zero-order valence-electron chi connectivity index (χ0n) is 10.1. The van der Waals surface area contributed by atoms with Gasteiger partial charge in [0, 0.05) is 0 Å². The lowest BCUT2D eigenvalue weighted by molar-refractivity contribution is -0.136. The minimum absolute atomic E-state index is 0.0851. The first-order valence-electron chi connectivity index (χ1n) is 5.60. The Hall–Kier alpha value is -1.35. The molecule has 0 radical (unpaired) electrons. The number of carbonyl (C=O) groups excluding carboxylic acids is 1. The number of hydrogen-bond donors (Lipinski definition) is 1. The van der Waals surface area contributed by atoms with Crippen LogP contribution in [0.4, 0.5) is 0 Å². The Balaban J connectivity index is 2.69. The van der Waals surface area contributed by atoms with Crippen molar-refractivity contribution in [3.05, 3.63) is 29.8 Å². The second-order valence-corrected chi connectivity index (χ2v) is 4.19. The van der Waals surface area contributed by atoms with Gasteiger partial charge in [-0.25, -0.2) is 4.79 Å². The van der Waals surface area contributed by atoms with Crippen molar-refractivity contribution in [2.75, 3.05) is 0 Å². The lowest BCUT2D eigenvalue weighted by Gasteiger charge is -2.14. The van der Waals surface area contributed by atoms with Crippen LogP contribution >= 0.6 is 0 Å². The summed E-state index contributed by atoms with van der Waals surface area (Å²) in [6.07, 6.45) is 0.918. The van der Waals surface area contributed by atoms with Gasteiger partial charge in [0.05, 0.1) is 0 Å². The molecule has 1 aromatic rings. The van der Waals surface area contributed by atoms with Crippen LogP contribution in [-0.2, 0) is 11.2 Å².